The van der Waals surface area contributed by atoms with Gasteiger partial charge in [-0.2, -0.15) is 0 Å². The van der Waals surface area contributed by atoms with Gasteiger partial charge in [-0.25, -0.2) is 0 Å². The second kappa shape index (κ2) is 6.11. The van der Waals surface area contributed by atoms with E-state index in [4.69, 9.17) is 22.1 Å². The first kappa shape index (κ1) is 15.3. The Balaban J connectivity index is 2.54. The number of nitrogens with two attached hydrogens (primary N) is 1. The number of nitro groups is 1. The summed E-state index contributed by atoms with van der Waals surface area (Å²) < 4.78 is 5.75. The number of hydrogen-bond donors (Lipinski definition) is 1. The molecule has 0 aliphatic carbocycles. The predicted octanol–water partition coefficient (Wildman–Crippen LogP) is 4.12. The van der Waals surface area contributed by atoms with E-state index in [1.807, 2.05) is 6.07 Å². The van der Waals surface area contributed by atoms with Crippen molar-refractivity contribution in [2.24, 2.45) is 5.73 Å². The zero-order valence-corrected chi connectivity index (χ0v) is 12.5. The number of benzene rings is 2. The Bertz CT molecular complexity index is 702. The van der Waals surface area contributed by atoms with Crippen molar-refractivity contribution in [1.82, 2.24) is 0 Å². The van der Waals surface area contributed by atoms with Crippen LogP contribution in [0.15, 0.2) is 30.3 Å². The average molecular weight is 307 g/mol. The molecule has 0 amide bonds. The standard InChI is InChI=1S/C15H15ClN2O3/c1-9-6-10(2)15(13(7-9)18(19)20)21-14-5-3-4-12(16)11(14)8-17/h3-7H,8,17H2,1-2H3. The number of hydrogen-bond acceptors (Lipinski definition) is 4. The van der Waals surface area contributed by atoms with Crippen LogP contribution in [0, 0.1) is 24.0 Å². The van der Waals surface area contributed by atoms with E-state index in [1.54, 1.807) is 32.0 Å². The van der Waals surface area contributed by atoms with Crippen molar-refractivity contribution >= 4 is 17.3 Å². The molecule has 2 N–H and O–H groups in total. The third-order valence-corrected chi connectivity index (χ3v) is 3.44. The summed E-state index contributed by atoms with van der Waals surface area (Å²) in [4.78, 5) is 10.8. The molecule has 0 fully saturated rings. The molecule has 0 bridgehead atoms. The van der Waals surface area contributed by atoms with Crippen LogP contribution in [0.2, 0.25) is 5.02 Å². The SMILES string of the molecule is Cc1cc(C)c(Oc2cccc(Cl)c2CN)c([N+](=O)[O-])c1. The zero-order chi connectivity index (χ0) is 15.6. The summed E-state index contributed by atoms with van der Waals surface area (Å²) in [6.07, 6.45) is 0. The van der Waals surface area contributed by atoms with E-state index < -0.39 is 4.92 Å². The van der Waals surface area contributed by atoms with Crippen LogP contribution >= 0.6 is 11.6 Å². The second-order valence-electron chi connectivity index (χ2n) is 4.71. The van der Waals surface area contributed by atoms with Gasteiger partial charge < -0.3 is 10.5 Å². The van der Waals surface area contributed by atoms with Crippen LogP contribution in [0.4, 0.5) is 5.69 Å². The quantitative estimate of drug-likeness (QED) is 0.681. The van der Waals surface area contributed by atoms with Crippen LogP contribution in [0.25, 0.3) is 0 Å². The highest BCUT2D eigenvalue weighted by Gasteiger charge is 2.20. The Morgan fingerprint density at radius 1 is 1.33 bits per heavy atom. The van der Waals surface area contributed by atoms with E-state index in [2.05, 4.69) is 0 Å². The minimum atomic E-state index is -0.456. The summed E-state index contributed by atoms with van der Waals surface area (Å²) in [7, 11) is 0. The molecular weight excluding hydrogens is 292 g/mol. The fourth-order valence-electron chi connectivity index (χ4n) is 2.14. The zero-order valence-electron chi connectivity index (χ0n) is 11.7. The summed E-state index contributed by atoms with van der Waals surface area (Å²) in [5, 5.41) is 11.7. The third kappa shape index (κ3) is 3.15. The number of nitrogens with zero attached hydrogens (tertiary/aromatic N) is 1. The molecule has 0 unspecified atom stereocenters. The predicted molar refractivity (Wildman–Crippen MR) is 82.0 cm³/mol. The lowest BCUT2D eigenvalue weighted by atomic mass is 10.1. The molecule has 110 valence electrons. The van der Waals surface area contributed by atoms with Crippen molar-refractivity contribution in [2.75, 3.05) is 0 Å². The number of ether oxygens (including phenoxy) is 1. The lowest BCUT2D eigenvalue weighted by Crippen LogP contribution is -2.02. The van der Waals surface area contributed by atoms with Gasteiger partial charge in [0.25, 0.3) is 0 Å². The number of halogens is 1. The van der Waals surface area contributed by atoms with Crippen molar-refractivity contribution in [3.8, 4) is 11.5 Å². The molecule has 0 atom stereocenters. The summed E-state index contributed by atoms with van der Waals surface area (Å²) >= 11 is 6.07. The Morgan fingerprint density at radius 3 is 2.67 bits per heavy atom. The molecule has 5 nitrogen and oxygen atoms in total. The Kier molecular flexibility index (Phi) is 4.45. The van der Waals surface area contributed by atoms with Gasteiger partial charge >= 0.3 is 5.69 Å². The van der Waals surface area contributed by atoms with Gasteiger partial charge in [0.05, 0.1) is 4.92 Å². The highest BCUT2D eigenvalue weighted by atomic mass is 35.5. The minimum absolute atomic E-state index is 0.0737. The molecule has 2 aromatic rings. The van der Waals surface area contributed by atoms with Gasteiger partial charge in [0, 0.05) is 23.2 Å². The molecule has 21 heavy (non-hydrogen) atoms. The van der Waals surface area contributed by atoms with E-state index in [0.717, 1.165) is 5.56 Å². The van der Waals surface area contributed by atoms with Gasteiger partial charge in [0.15, 0.2) is 0 Å². The molecule has 0 aliphatic rings. The highest BCUT2D eigenvalue weighted by molar-refractivity contribution is 6.31. The molecular formula is C15H15ClN2O3. The molecule has 0 saturated heterocycles. The van der Waals surface area contributed by atoms with Crippen LogP contribution in [-0.2, 0) is 6.54 Å². The molecule has 2 aromatic carbocycles. The molecule has 0 radical (unpaired) electrons. The van der Waals surface area contributed by atoms with E-state index in [-0.39, 0.29) is 18.0 Å². The number of rotatable bonds is 4. The first-order valence-corrected chi connectivity index (χ1v) is 6.72. The van der Waals surface area contributed by atoms with Gasteiger partial charge in [-0.15, -0.1) is 0 Å². The third-order valence-electron chi connectivity index (χ3n) is 3.09. The maximum atomic E-state index is 11.2. The Hall–Kier alpha value is -2.11. The van der Waals surface area contributed by atoms with Crippen LogP contribution in [0.1, 0.15) is 16.7 Å². The van der Waals surface area contributed by atoms with Gasteiger partial charge in [-0.05, 0) is 37.1 Å². The van der Waals surface area contributed by atoms with Crippen molar-refractivity contribution in [2.45, 2.75) is 20.4 Å². The topological polar surface area (TPSA) is 78.4 Å². The largest absolute Gasteiger partial charge is 0.449 e. The monoisotopic (exact) mass is 306 g/mol. The van der Waals surface area contributed by atoms with Crippen molar-refractivity contribution in [1.29, 1.82) is 0 Å². The normalized spacial score (nSPS) is 10.5. The van der Waals surface area contributed by atoms with Crippen LogP contribution in [0.3, 0.4) is 0 Å². The van der Waals surface area contributed by atoms with Gasteiger partial charge in [-0.1, -0.05) is 23.7 Å². The first-order chi connectivity index (χ1) is 9.93. The lowest BCUT2D eigenvalue weighted by molar-refractivity contribution is -0.385. The fourth-order valence-corrected chi connectivity index (χ4v) is 2.39. The maximum Gasteiger partial charge on any atom is 0.312 e. The summed E-state index contributed by atoms with van der Waals surface area (Å²) in [5.41, 5.74) is 7.70. The molecule has 0 spiro atoms. The van der Waals surface area contributed by atoms with E-state index in [9.17, 15) is 10.1 Å². The van der Waals surface area contributed by atoms with Gasteiger partial charge in [0.1, 0.15) is 5.75 Å². The van der Waals surface area contributed by atoms with E-state index in [0.29, 0.717) is 21.9 Å². The molecule has 0 heterocycles. The smallest absolute Gasteiger partial charge is 0.312 e. The van der Waals surface area contributed by atoms with Gasteiger partial charge in [-0.3, -0.25) is 10.1 Å². The average Bonchev–Trinajstić information content (AvgIpc) is 2.41. The molecule has 0 aliphatic heterocycles. The summed E-state index contributed by atoms with van der Waals surface area (Å²) in [5.74, 6) is 0.641. The van der Waals surface area contributed by atoms with E-state index in [1.165, 1.54) is 6.07 Å². The second-order valence-corrected chi connectivity index (χ2v) is 5.12. The number of aryl methyl sites for hydroxylation is 2. The first-order valence-electron chi connectivity index (χ1n) is 6.35. The summed E-state index contributed by atoms with van der Waals surface area (Å²) in [6, 6.07) is 8.42. The Morgan fingerprint density at radius 2 is 2.05 bits per heavy atom. The number of nitro benzene ring substituents is 1. The molecule has 2 rings (SSSR count). The van der Waals surface area contributed by atoms with Gasteiger partial charge in [0.2, 0.25) is 5.75 Å². The molecule has 0 saturated carbocycles. The molecule has 0 aromatic heterocycles. The van der Waals surface area contributed by atoms with Crippen LogP contribution < -0.4 is 10.5 Å². The summed E-state index contributed by atoms with van der Waals surface area (Å²) in [6.45, 7) is 3.75. The fraction of sp³-hybridized carbons (Fsp3) is 0.200. The molecule has 6 heteroatoms. The Labute approximate surface area is 127 Å². The van der Waals surface area contributed by atoms with Crippen molar-refractivity contribution in [3.05, 3.63) is 62.2 Å². The van der Waals surface area contributed by atoms with E-state index >= 15 is 0 Å². The van der Waals surface area contributed by atoms with Crippen LogP contribution in [0.5, 0.6) is 11.5 Å². The van der Waals surface area contributed by atoms with Crippen molar-refractivity contribution in [3.63, 3.8) is 0 Å². The van der Waals surface area contributed by atoms with Crippen LogP contribution in [-0.4, -0.2) is 4.92 Å². The lowest BCUT2D eigenvalue weighted by Gasteiger charge is -2.13. The maximum absolute atomic E-state index is 11.2. The highest BCUT2D eigenvalue weighted by Crippen LogP contribution is 2.38. The minimum Gasteiger partial charge on any atom is -0.449 e. The van der Waals surface area contributed by atoms with Crippen molar-refractivity contribution < 1.29 is 9.66 Å².